The van der Waals surface area contributed by atoms with Gasteiger partial charge in [-0.3, -0.25) is 9.78 Å². The molecule has 0 saturated carbocycles. The number of thiocarbonyl (C=S) groups is 1. The molecular formula is C7H8N4OS. The highest BCUT2D eigenvalue weighted by Crippen LogP contribution is 2.06. The Bertz CT molecular complexity index is 405. The summed E-state index contributed by atoms with van der Waals surface area (Å²) in [5, 5.41) is 2.13. The van der Waals surface area contributed by atoms with Gasteiger partial charge < -0.3 is 4.90 Å². The summed E-state index contributed by atoms with van der Waals surface area (Å²) in [5.41, 5.74) is -0.261. The third kappa shape index (κ3) is 2.47. The molecule has 1 aromatic heterocycles. The summed E-state index contributed by atoms with van der Waals surface area (Å²) in [7, 11) is 3.57. The fourth-order valence-corrected chi connectivity index (χ4v) is 0.844. The molecule has 1 rings (SSSR count). The van der Waals surface area contributed by atoms with E-state index in [1.807, 2.05) is 0 Å². The van der Waals surface area contributed by atoms with Gasteiger partial charge in [-0.1, -0.05) is 0 Å². The van der Waals surface area contributed by atoms with Crippen LogP contribution in [0.2, 0.25) is 0 Å². The Morgan fingerprint density at radius 3 is 2.92 bits per heavy atom. The molecule has 0 spiro atoms. The van der Waals surface area contributed by atoms with Gasteiger partial charge in [0, 0.05) is 20.2 Å². The third-order valence-electron chi connectivity index (χ3n) is 1.33. The standard InChI is InChI=1S/C7H8N4OS/c1-11(2)5-3-6(12)10-7(9-5)8-4-13/h3H,1-2H3,(H,9,10,12). The van der Waals surface area contributed by atoms with Crippen molar-refractivity contribution in [2.24, 2.45) is 4.99 Å². The van der Waals surface area contributed by atoms with Gasteiger partial charge in [0.2, 0.25) is 5.95 Å². The van der Waals surface area contributed by atoms with Gasteiger partial charge in [-0.05, 0) is 12.2 Å². The van der Waals surface area contributed by atoms with Crippen LogP contribution in [0, 0.1) is 0 Å². The first-order valence-corrected chi connectivity index (χ1v) is 3.91. The predicted molar refractivity (Wildman–Crippen MR) is 53.9 cm³/mol. The minimum Gasteiger partial charge on any atom is -0.362 e. The first kappa shape index (κ1) is 9.57. The van der Waals surface area contributed by atoms with E-state index >= 15 is 0 Å². The normalized spacial score (nSPS) is 9.08. The maximum Gasteiger partial charge on any atom is 0.254 e. The number of H-pyrrole nitrogens is 1. The molecule has 1 N–H and O–H groups in total. The second-order valence-corrected chi connectivity index (χ2v) is 2.71. The number of hydrogen-bond acceptors (Lipinski definition) is 5. The molecule has 1 aromatic rings. The second-order valence-electron chi connectivity index (χ2n) is 2.52. The van der Waals surface area contributed by atoms with Crippen LogP contribution in [0.15, 0.2) is 15.9 Å². The number of hydrogen-bond donors (Lipinski definition) is 1. The van der Waals surface area contributed by atoms with E-state index in [9.17, 15) is 4.79 Å². The molecule has 5 nitrogen and oxygen atoms in total. The Morgan fingerprint density at radius 1 is 1.69 bits per heavy atom. The molecule has 0 aliphatic rings. The molecule has 0 aromatic carbocycles. The first-order chi connectivity index (χ1) is 6.13. The smallest absolute Gasteiger partial charge is 0.254 e. The van der Waals surface area contributed by atoms with Crippen molar-refractivity contribution >= 4 is 29.1 Å². The Kier molecular flexibility index (Phi) is 2.89. The highest BCUT2D eigenvalue weighted by molar-refractivity contribution is 7.78. The minimum absolute atomic E-state index is 0.172. The van der Waals surface area contributed by atoms with Crippen LogP contribution in [0.1, 0.15) is 0 Å². The number of isothiocyanates is 1. The fourth-order valence-electron chi connectivity index (χ4n) is 0.758. The van der Waals surface area contributed by atoms with Crippen molar-refractivity contribution in [1.29, 1.82) is 0 Å². The molecule has 0 radical (unpaired) electrons. The summed E-state index contributed by atoms with van der Waals surface area (Å²) in [4.78, 5) is 22.7. The van der Waals surface area contributed by atoms with Gasteiger partial charge in [0.05, 0.1) is 5.16 Å². The number of aromatic amines is 1. The van der Waals surface area contributed by atoms with Crippen LogP contribution in [0.4, 0.5) is 11.8 Å². The van der Waals surface area contributed by atoms with E-state index in [1.54, 1.807) is 19.0 Å². The molecule has 0 aliphatic heterocycles. The summed E-state index contributed by atoms with van der Waals surface area (Å²) in [6.07, 6.45) is 0. The summed E-state index contributed by atoms with van der Waals surface area (Å²) in [6, 6.07) is 1.38. The van der Waals surface area contributed by atoms with Crippen molar-refractivity contribution in [2.75, 3.05) is 19.0 Å². The number of aromatic nitrogens is 2. The number of anilines is 1. The van der Waals surface area contributed by atoms with E-state index in [4.69, 9.17) is 0 Å². The van der Waals surface area contributed by atoms with E-state index in [2.05, 4.69) is 32.3 Å². The average Bonchev–Trinajstić information content (AvgIpc) is 2.03. The van der Waals surface area contributed by atoms with Gasteiger partial charge in [-0.25, -0.2) is 0 Å². The summed E-state index contributed by atoms with van der Waals surface area (Å²) in [5.74, 6) is 0.707. The van der Waals surface area contributed by atoms with Crippen molar-refractivity contribution in [2.45, 2.75) is 0 Å². The number of rotatable bonds is 2. The molecule has 0 aliphatic carbocycles. The lowest BCUT2D eigenvalue weighted by molar-refractivity contribution is 1.02. The lowest BCUT2D eigenvalue weighted by atomic mass is 10.5. The van der Waals surface area contributed by atoms with Gasteiger partial charge >= 0.3 is 0 Å². The maximum absolute atomic E-state index is 11.0. The van der Waals surface area contributed by atoms with Gasteiger partial charge in [0.1, 0.15) is 5.82 Å². The van der Waals surface area contributed by atoms with Crippen molar-refractivity contribution in [3.8, 4) is 0 Å². The van der Waals surface area contributed by atoms with Crippen LogP contribution in [0.5, 0.6) is 0 Å². The number of nitrogens with zero attached hydrogens (tertiary/aromatic N) is 3. The molecule has 0 amide bonds. The highest BCUT2D eigenvalue weighted by atomic mass is 32.1. The van der Waals surface area contributed by atoms with Gasteiger partial charge in [0.25, 0.3) is 5.56 Å². The van der Waals surface area contributed by atoms with Crippen LogP contribution in [-0.2, 0) is 0 Å². The predicted octanol–water partition coefficient (Wildman–Crippen LogP) is 0.570. The fraction of sp³-hybridized carbons (Fsp3) is 0.286. The Labute approximate surface area is 80.1 Å². The van der Waals surface area contributed by atoms with Crippen LogP contribution in [0.3, 0.4) is 0 Å². The molecule has 0 fully saturated rings. The summed E-state index contributed by atoms with van der Waals surface area (Å²) >= 11 is 4.39. The van der Waals surface area contributed by atoms with Gasteiger partial charge in [-0.2, -0.15) is 9.98 Å². The number of aliphatic imine (C=N–C) groups is 1. The molecule has 13 heavy (non-hydrogen) atoms. The molecule has 0 atom stereocenters. The Balaban J connectivity index is 3.26. The maximum atomic E-state index is 11.0. The first-order valence-electron chi connectivity index (χ1n) is 3.50. The average molecular weight is 196 g/mol. The van der Waals surface area contributed by atoms with Crippen molar-refractivity contribution < 1.29 is 0 Å². The molecule has 68 valence electrons. The highest BCUT2D eigenvalue weighted by Gasteiger charge is 2.00. The molecular weight excluding hydrogens is 188 g/mol. The second kappa shape index (κ2) is 3.93. The lowest BCUT2D eigenvalue weighted by Gasteiger charge is -2.09. The molecule has 0 saturated heterocycles. The zero-order valence-electron chi connectivity index (χ0n) is 7.24. The van der Waals surface area contributed by atoms with E-state index in [1.165, 1.54) is 6.07 Å². The molecule has 1 heterocycles. The van der Waals surface area contributed by atoms with Crippen molar-refractivity contribution in [3.05, 3.63) is 16.4 Å². The quantitative estimate of drug-likeness (QED) is 0.555. The lowest BCUT2D eigenvalue weighted by Crippen LogP contribution is -2.15. The van der Waals surface area contributed by atoms with Gasteiger partial charge in [-0.15, -0.1) is 0 Å². The van der Waals surface area contributed by atoms with Gasteiger partial charge in [0.15, 0.2) is 0 Å². The van der Waals surface area contributed by atoms with E-state index in [0.717, 1.165) is 0 Å². The monoisotopic (exact) mass is 196 g/mol. The van der Waals surface area contributed by atoms with E-state index in [-0.39, 0.29) is 11.5 Å². The third-order valence-corrected chi connectivity index (χ3v) is 1.42. The van der Waals surface area contributed by atoms with Crippen LogP contribution in [-0.4, -0.2) is 29.2 Å². The van der Waals surface area contributed by atoms with Crippen LogP contribution in [0.25, 0.3) is 0 Å². The SMILES string of the molecule is CN(C)c1cc(=O)[nH]c(N=C=S)n1. The summed E-state index contributed by atoms with van der Waals surface area (Å²) in [6.45, 7) is 0. The number of nitrogens with one attached hydrogen (secondary N) is 1. The molecule has 0 unspecified atom stereocenters. The topological polar surface area (TPSA) is 61.4 Å². The molecule has 6 heteroatoms. The summed E-state index contributed by atoms with van der Waals surface area (Å²) < 4.78 is 0. The Hall–Kier alpha value is -1.52. The van der Waals surface area contributed by atoms with Crippen LogP contribution < -0.4 is 10.5 Å². The van der Waals surface area contributed by atoms with E-state index in [0.29, 0.717) is 5.82 Å². The zero-order valence-corrected chi connectivity index (χ0v) is 8.05. The van der Waals surface area contributed by atoms with Crippen LogP contribution >= 0.6 is 12.2 Å². The van der Waals surface area contributed by atoms with Crippen molar-refractivity contribution in [3.63, 3.8) is 0 Å². The minimum atomic E-state index is -0.261. The molecule has 0 bridgehead atoms. The zero-order chi connectivity index (χ0) is 9.84. The van der Waals surface area contributed by atoms with Crippen molar-refractivity contribution in [1.82, 2.24) is 9.97 Å². The largest absolute Gasteiger partial charge is 0.362 e. The Morgan fingerprint density at radius 2 is 2.38 bits per heavy atom. The van der Waals surface area contributed by atoms with E-state index < -0.39 is 0 Å².